The molecule has 17 heavy (non-hydrogen) atoms. The SMILES string of the molecule is Cc1ncc(CN(C)c2snc(Cl)c2C#N)s1. The molecule has 0 fully saturated rings. The molecule has 0 N–H and O–H groups in total. The van der Waals surface area contributed by atoms with Crippen molar-refractivity contribution in [1.29, 1.82) is 5.26 Å². The lowest BCUT2D eigenvalue weighted by atomic mass is 10.3. The van der Waals surface area contributed by atoms with Crippen LogP contribution in [0.2, 0.25) is 5.15 Å². The summed E-state index contributed by atoms with van der Waals surface area (Å²) in [6.07, 6.45) is 1.85. The van der Waals surface area contributed by atoms with Gasteiger partial charge in [0.05, 0.1) is 11.6 Å². The van der Waals surface area contributed by atoms with Gasteiger partial charge in [-0.2, -0.15) is 9.64 Å². The molecule has 4 nitrogen and oxygen atoms in total. The molecule has 7 heteroatoms. The molecule has 0 amide bonds. The molecule has 2 rings (SSSR count). The summed E-state index contributed by atoms with van der Waals surface area (Å²) in [5.74, 6) is 0. The van der Waals surface area contributed by atoms with E-state index in [1.54, 1.807) is 11.3 Å². The van der Waals surface area contributed by atoms with Crippen molar-refractivity contribution >= 4 is 39.5 Å². The number of aryl methyl sites for hydroxylation is 1. The first-order chi connectivity index (χ1) is 8.11. The van der Waals surface area contributed by atoms with Crippen LogP contribution in [0.3, 0.4) is 0 Å². The first kappa shape index (κ1) is 12.3. The second-order valence-corrected chi connectivity index (χ2v) is 5.90. The van der Waals surface area contributed by atoms with E-state index in [4.69, 9.17) is 16.9 Å². The number of aromatic nitrogens is 2. The lowest BCUT2D eigenvalue weighted by Gasteiger charge is -2.15. The number of thiazole rings is 1. The first-order valence-corrected chi connectivity index (χ1v) is 6.76. The fourth-order valence-electron chi connectivity index (χ4n) is 1.40. The zero-order valence-corrected chi connectivity index (χ0v) is 11.7. The van der Waals surface area contributed by atoms with Gasteiger partial charge in [0.15, 0.2) is 5.15 Å². The fraction of sp³-hybridized carbons (Fsp3) is 0.300. The molecule has 2 heterocycles. The Labute approximate surface area is 112 Å². The normalized spacial score (nSPS) is 10.2. The van der Waals surface area contributed by atoms with Crippen LogP contribution in [0.15, 0.2) is 6.20 Å². The summed E-state index contributed by atoms with van der Waals surface area (Å²) in [6.45, 7) is 2.68. The van der Waals surface area contributed by atoms with E-state index in [-0.39, 0.29) is 5.15 Å². The van der Waals surface area contributed by atoms with E-state index < -0.39 is 0 Å². The summed E-state index contributed by atoms with van der Waals surface area (Å²) >= 11 is 8.72. The highest BCUT2D eigenvalue weighted by Crippen LogP contribution is 2.31. The van der Waals surface area contributed by atoms with Crippen LogP contribution in [-0.2, 0) is 6.54 Å². The summed E-state index contributed by atoms with van der Waals surface area (Å²) in [5.41, 5.74) is 0.445. The second kappa shape index (κ2) is 5.00. The Bertz CT molecular complexity index is 569. The van der Waals surface area contributed by atoms with Gasteiger partial charge >= 0.3 is 0 Å². The first-order valence-electron chi connectivity index (χ1n) is 4.79. The molecule has 0 saturated carbocycles. The Morgan fingerprint density at radius 2 is 2.35 bits per heavy atom. The number of anilines is 1. The van der Waals surface area contributed by atoms with E-state index in [0.29, 0.717) is 12.1 Å². The van der Waals surface area contributed by atoms with Crippen molar-refractivity contribution in [1.82, 2.24) is 9.36 Å². The van der Waals surface area contributed by atoms with Crippen LogP contribution in [0.25, 0.3) is 0 Å². The Kier molecular flexibility index (Phi) is 3.62. The Morgan fingerprint density at radius 3 is 2.94 bits per heavy atom. The highest BCUT2D eigenvalue weighted by atomic mass is 35.5. The Balaban J connectivity index is 2.20. The van der Waals surface area contributed by atoms with Crippen LogP contribution in [0.5, 0.6) is 0 Å². The molecular weight excluding hydrogens is 276 g/mol. The maximum Gasteiger partial charge on any atom is 0.162 e. The van der Waals surface area contributed by atoms with Crippen molar-refractivity contribution in [3.8, 4) is 6.07 Å². The van der Waals surface area contributed by atoms with Gasteiger partial charge in [-0.05, 0) is 18.5 Å². The van der Waals surface area contributed by atoms with Gasteiger partial charge in [0.2, 0.25) is 0 Å². The van der Waals surface area contributed by atoms with Gasteiger partial charge in [-0.25, -0.2) is 4.98 Å². The average Bonchev–Trinajstić information content (AvgIpc) is 2.84. The second-order valence-electron chi connectivity index (χ2n) is 3.47. The number of halogens is 1. The quantitative estimate of drug-likeness (QED) is 0.869. The topological polar surface area (TPSA) is 52.8 Å². The largest absolute Gasteiger partial charge is 0.359 e. The van der Waals surface area contributed by atoms with E-state index in [1.807, 2.05) is 25.1 Å². The van der Waals surface area contributed by atoms with Crippen molar-refractivity contribution in [3.05, 3.63) is 26.8 Å². The number of nitrogens with zero attached hydrogens (tertiary/aromatic N) is 4. The molecule has 0 aromatic carbocycles. The molecular formula is C10H9ClN4S2. The molecule has 2 aromatic heterocycles. The third-order valence-corrected chi connectivity index (χ3v) is 4.39. The smallest absolute Gasteiger partial charge is 0.162 e. The van der Waals surface area contributed by atoms with Crippen molar-refractivity contribution in [2.45, 2.75) is 13.5 Å². The number of hydrogen-bond donors (Lipinski definition) is 0. The molecule has 0 aliphatic rings. The minimum Gasteiger partial charge on any atom is -0.359 e. The van der Waals surface area contributed by atoms with Crippen LogP contribution in [0, 0.1) is 18.3 Å². The van der Waals surface area contributed by atoms with Gasteiger partial charge in [-0.15, -0.1) is 11.3 Å². The summed E-state index contributed by atoms with van der Waals surface area (Å²) < 4.78 is 3.99. The molecule has 0 bridgehead atoms. The van der Waals surface area contributed by atoms with Gasteiger partial charge in [0.1, 0.15) is 16.6 Å². The van der Waals surface area contributed by atoms with Gasteiger partial charge in [-0.1, -0.05) is 11.6 Å². The predicted molar refractivity (Wildman–Crippen MR) is 70.8 cm³/mol. The zero-order valence-electron chi connectivity index (χ0n) is 9.27. The molecule has 2 aromatic rings. The van der Waals surface area contributed by atoms with Gasteiger partial charge in [0.25, 0.3) is 0 Å². The van der Waals surface area contributed by atoms with E-state index in [9.17, 15) is 0 Å². The number of hydrogen-bond acceptors (Lipinski definition) is 6. The number of rotatable bonds is 3. The highest BCUT2D eigenvalue weighted by molar-refractivity contribution is 7.11. The molecule has 0 saturated heterocycles. The van der Waals surface area contributed by atoms with E-state index in [1.165, 1.54) is 11.5 Å². The molecule has 88 valence electrons. The predicted octanol–water partition coefficient (Wildman–Crippen LogP) is 3.07. The van der Waals surface area contributed by atoms with Crippen LogP contribution >= 0.6 is 34.5 Å². The lowest BCUT2D eigenvalue weighted by molar-refractivity contribution is 0.947. The molecule has 0 aliphatic heterocycles. The zero-order chi connectivity index (χ0) is 12.4. The lowest BCUT2D eigenvalue weighted by Crippen LogP contribution is -2.15. The standard InChI is InChI=1S/C10H9ClN4S2/c1-6-13-4-7(16-6)5-15(2)10-8(3-12)9(11)14-17-10/h4H,5H2,1-2H3. The molecule has 0 atom stereocenters. The van der Waals surface area contributed by atoms with Gasteiger partial charge in [-0.3, -0.25) is 0 Å². The van der Waals surface area contributed by atoms with E-state index in [0.717, 1.165) is 14.9 Å². The monoisotopic (exact) mass is 284 g/mol. The summed E-state index contributed by atoms with van der Waals surface area (Å²) in [5, 5.41) is 11.1. The molecule has 0 radical (unpaired) electrons. The van der Waals surface area contributed by atoms with Crippen LogP contribution in [0.4, 0.5) is 5.00 Å². The van der Waals surface area contributed by atoms with Gasteiger partial charge in [0, 0.05) is 18.1 Å². The third kappa shape index (κ3) is 2.57. The maximum atomic E-state index is 9.00. The highest BCUT2D eigenvalue weighted by Gasteiger charge is 2.16. The fourth-order valence-corrected chi connectivity index (χ4v) is 3.24. The maximum absolute atomic E-state index is 9.00. The summed E-state index contributed by atoms with van der Waals surface area (Å²) in [4.78, 5) is 7.32. The van der Waals surface area contributed by atoms with Crippen LogP contribution in [0.1, 0.15) is 15.4 Å². The third-order valence-electron chi connectivity index (χ3n) is 2.15. The van der Waals surface area contributed by atoms with Crippen molar-refractivity contribution in [3.63, 3.8) is 0 Å². The Morgan fingerprint density at radius 1 is 1.59 bits per heavy atom. The average molecular weight is 285 g/mol. The minimum absolute atomic E-state index is 0.278. The van der Waals surface area contributed by atoms with Gasteiger partial charge < -0.3 is 4.90 Å². The Hall–Kier alpha value is -1.16. The minimum atomic E-state index is 0.278. The molecule has 0 aliphatic carbocycles. The molecule has 0 unspecified atom stereocenters. The van der Waals surface area contributed by atoms with Crippen molar-refractivity contribution in [2.24, 2.45) is 0 Å². The van der Waals surface area contributed by atoms with Crippen molar-refractivity contribution in [2.75, 3.05) is 11.9 Å². The van der Waals surface area contributed by atoms with E-state index >= 15 is 0 Å². The van der Waals surface area contributed by atoms with Crippen LogP contribution < -0.4 is 4.90 Å². The van der Waals surface area contributed by atoms with Crippen LogP contribution in [-0.4, -0.2) is 16.4 Å². The summed E-state index contributed by atoms with van der Waals surface area (Å²) in [6, 6.07) is 2.08. The summed E-state index contributed by atoms with van der Waals surface area (Å²) in [7, 11) is 1.92. The van der Waals surface area contributed by atoms with E-state index in [2.05, 4.69) is 15.4 Å². The number of nitriles is 1. The molecule has 0 spiro atoms. The van der Waals surface area contributed by atoms with Crippen molar-refractivity contribution < 1.29 is 0 Å².